The topological polar surface area (TPSA) is 82.8 Å². The van der Waals surface area contributed by atoms with Gasteiger partial charge in [-0.25, -0.2) is 0 Å². The van der Waals surface area contributed by atoms with Crippen molar-refractivity contribution in [2.45, 2.75) is 58.7 Å². The summed E-state index contributed by atoms with van der Waals surface area (Å²) in [5.74, 6) is -0.188. The molecule has 4 atom stereocenters. The highest BCUT2D eigenvalue weighted by atomic mass is 16.6. The monoisotopic (exact) mass is 386 g/mol. The molecule has 0 saturated carbocycles. The highest BCUT2D eigenvalue weighted by Gasteiger charge is 2.42. The summed E-state index contributed by atoms with van der Waals surface area (Å²) < 4.78 is 17.0. The average Bonchev–Trinajstić information content (AvgIpc) is 3.15. The van der Waals surface area contributed by atoms with E-state index in [2.05, 4.69) is 6.58 Å². The number of hydrogen-bond acceptors (Lipinski definition) is 6. The Kier molecular flexibility index (Phi) is 5.87. The Balaban J connectivity index is 2.03. The van der Waals surface area contributed by atoms with E-state index in [4.69, 9.17) is 13.9 Å². The maximum absolute atomic E-state index is 12.5. The quantitative estimate of drug-likeness (QED) is 0.445. The molecule has 3 rings (SSSR count). The first-order valence-electron chi connectivity index (χ1n) is 9.55. The largest absolute Gasteiger partial charge is 0.462 e. The first-order chi connectivity index (χ1) is 13.3. The molecule has 1 unspecified atom stereocenters. The number of carbonyl (C=O) groups excluding carboxylic acids is 3. The lowest BCUT2D eigenvalue weighted by Crippen LogP contribution is -2.32. The summed E-state index contributed by atoms with van der Waals surface area (Å²) >= 11 is 0. The van der Waals surface area contributed by atoms with Crippen molar-refractivity contribution >= 4 is 24.3 Å². The summed E-state index contributed by atoms with van der Waals surface area (Å²) in [6.07, 6.45) is 3.72. The lowest BCUT2D eigenvalue weighted by Gasteiger charge is -2.26. The van der Waals surface area contributed by atoms with Gasteiger partial charge in [0.2, 0.25) is 0 Å². The number of esters is 2. The van der Waals surface area contributed by atoms with Crippen LogP contribution >= 0.6 is 0 Å². The number of aldehydes is 1. The zero-order valence-corrected chi connectivity index (χ0v) is 16.5. The van der Waals surface area contributed by atoms with Crippen LogP contribution in [0.4, 0.5) is 0 Å². The van der Waals surface area contributed by atoms with Gasteiger partial charge in [-0.15, -0.1) is 0 Å². The second-order valence-corrected chi connectivity index (χ2v) is 7.87. The third kappa shape index (κ3) is 4.43. The van der Waals surface area contributed by atoms with Gasteiger partial charge in [0.25, 0.3) is 0 Å². The summed E-state index contributed by atoms with van der Waals surface area (Å²) in [5.41, 5.74) is 2.36. The molecular formula is C22H26O6. The highest BCUT2D eigenvalue weighted by Crippen LogP contribution is 2.35. The Morgan fingerprint density at radius 2 is 2.04 bits per heavy atom. The Labute approximate surface area is 164 Å². The van der Waals surface area contributed by atoms with E-state index in [0.29, 0.717) is 42.8 Å². The van der Waals surface area contributed by atoms with Crippen LogP contribution in [-0.4, -0.2) is 30.4 Å². The van der Waals surface area contributed by atoms with Gasteiger partial charge in [-0.2, -0.15) is 0 Å². The zero-order chi connectivity index (χ0) is 20.4. The van der Waals surface area contributed by atoms with E-state index in [9.17, 15) is 14.4 Å². The second-order valence-electron chi connectivity index (χ2n) is 7.87. The zero-order valence-electron chi connectivity index (χ0n) is 16.5. The van der Waals surface area contributed by atoms with Gasteiger partial charge in [0, 0.05) is 26.2 Å². The number of hydrogen-bond donors (Lipinski definition) is 0. The fraction of sp³-hybridized carbons (Fsp3) is 0.500. The molecule has 3 heterocycles. The van der Waals surface area contributed by atoms with Gasteiger partial charge in [0.1, 0.15) is 23.7 Å². The summed E-state index contributed by atoms with van der Waals surface area (Å²) in [7, 11) is 0. The van der Waals surface area contributed by atoms with Crippen molar-refractivity contribution in [3.8, 4) is 0 Å². The van der Waals surface area contributed by atoms with Crippen LogP contribution < -0.4 is 0 Å². The predicted octanol–water partition coefficient (Wildman–Crippen LogP) is 3.89. The van der Waals surface area contributed by atoms with Crippen LogP contribution in [0.5, 0.6) is 0 Å². The van der Waals surface area contributed by atoms with Gasteiger partial charge < -0.3 is 13.9 Å². The van der Waals surface area contributed by atoms with Crippen LogP contribution in [0.2, 0.25) is 0 Å². The first-order valence-corrected chi connectivity index (χ1v) is 9.55. The molecule has 4 bridgehead atoms. The summed E-state index contributed by atoms with van der Waals surface area (Å²) in [6, 6.07) is 1.72. The molecule has 2 aliphatic heterocycles. The molecule has 1 saturated heterocycles. The third-order valence-corrected chi connectivity index (χ3v) is 5.44. The smallest absolute Gasteiger partial charge is 0.313 e. The second kappa shape index (κ2) is 8.17. The molecule has 6 nitrogen and oxygen atoms in total. The molecule has 2 aliphatic rings. The lowest BCUT2D eigenvalue weighted by atomic mass is 9.84. The lowest BCUT2D eigenvalue weighted by molar-refractivity contribution is -0.156. The summed E-state index contributed by atoms with van der Waals surface area (Å²) in [5, 5.41) is 0. The van der Waals surface area contributed by atoms with E-state index in [1.54, 1.807) is 6.07 Å². The minimum atomic E-state index is -0.601. The number of fused-ring (bicyclic) bond motifs is 4. The molecule has 0 aliphatic carbocycles. The van der Waals surface area contributed by atoms with E-state index >= 15 is 0 Å². The molecule has 1 fully saturated rings. The Hall–Kier alpha value is -2.63. The van der Waals surface area contributed by atoms with Crippen LogP contribution in [0.15, 0.2) is 28.2 Å². The highest BCUT2D eigenvalue weighted by molar-refractivity contribution is 5.78. The SMILES string of the molecule is C=C(C)[C@H]1Cc2oc(cc2C=O)/C=C(\C)C[C@@H]2CC(C(=O)O2)[C@@H](OC(C)=O)C1. The number of carbonyl (C=O) groups is 3. The number of ether oxygens (including phenoxy) is 2. The van der Waals surface area contributed by atoms with Crippen LogP contribution in [0.25, 0.3) is 6.08 Å². The van der Waals surface area contributed by atoms with Crippen molar-refractivity contribution in [1.82, 2.24) is 0 Å². The molecule has 28 heavy (non-hydrogen) atoms. The van der Waals surface area contributed by atoms with Gasteiger partial charge in [0.05, 0.1) is 11.5 Å². The summed E-state index contributed by atoms with van der Waals surface area (Å²) in [6.45, 7) is 9.21. The van der Waals surface area contributed by atoms with E-state index < -0.39 is 18.0 Å². The van der Waals surface area contributed by atoms with Gasteiger partial charge >= 0.3 is 11.9 Å². The molecule has 0 aromatic carbocycles. The fourth-order valence-corrected chi connectivity index (χ4v) is 4.03. The molecule has 0 amide bonds. The van der Waals surface area contributed by atoms with Crippen molar-refractivity contribution in [3.05, 3.63) is 40.9 Å². The minimum Gasteiger partial charge on any atom is -0.462 e. The van der Waals surface area contributed by atoms with Crippen LogP contribution in [0.1, 0.15) is 61.9 Å². The molecule has 150 valence electrons. The fourth-order valence-electron chi connectivity index (χ4n) is 4.03. The first kappa shape index (κ1) is 20.1. The van der Waals surface area contributed by atoms with Crippen molar-refractivity contribution < 1.29 is 28.3 Å². The van der Waals surface area contributed by atoms with E-state index in [0.717, 1.165) is 17.4 Å². The molecular weight excluding hydrogens is 360 g/mol. The Bertz CT molecular complexity index is 830. The Morgan fingerprint density at radius 3 is 2.68 bits per heavy atom. The third-order valence-electron chi connectivity index (χ3n) is 5.44. The van der Waals surface area contributed by atoms with Crippen molar-refractivity contribution in [3.63, 3.8) is 0 Å². The van der Waals surface area contributed by atoms with Crippen LogP contribution in [0.3, 0.4) is 0 Å². The van der Waals surface area contributed by atoms with E-state index in [1.165, 1.54) is 6.92 Å². The van der Waals surface area contributed by atoms with Gasteiger partial charge in [-0.1, -0.05) is 17.7 Å². The van der Waals surface area contributed by atoms with Crippen molar-refractivity contribution in [2.75, 3.05) is 0 Å². The standard InChI is InChI=1S/C22H26O6/c1-12(2)15-8-20-16(11-23)7-17(27-20)5-13(3)6-18-10-19(22(25)28-18)21(9-15)26-14(4)24/h5,7,11,15,18-19,21H,1,6,8-10H2,2-4H3/b13-5+/t15-,18+,19?,21-/m0/s1. The molecule has 0 spiro atoms. The van der Waals surface area contributed by atoms with Gasteiger partial charge in [-0.3, -0.25) is 14.4 Å². The predicted molar refractivity (Wildman–Crippen MR) is 103 cm³/mol. The normalized spacial score (nSPS) is 29.4. The molecule has 1 aromatic heterocycles. The number of furan rings is 1. The van der Waals surface area contributed by atoms with Crippen molar-refractivity contribution in [1.29, 1.82) is 0 Å². The van der Waals surface area contributed by atoms with Crippen molar-refractivity contribution in [2.24, 2.45) is 11.8 Å². The number of rotatable bonds is 3. The van der Waals surface area contributed by atoms with E-state index in [1.807, 2.05) is 19.9 Å². The van der Waals surface area contributed by atoms with E-state index in [-0.39, 0.29) is 18.0 Å². The molecule has 6 heteroatoms. The average molecular weight is 386 g/mol. The maximum Gasteiger partial charge on any atom is 0.313 e. The van der Waals surface area contributed by atoms with Crippen LogP contribution in [0, 0.1) is 11.8 Å². The molecule has 0 radical (unpaired) electrons. The minimum absolute atomic E-state index is 0.111. The molecule has 0 N–H and O–H groups in total. The summed E-state index contributed by atoms with van der Waals surface area (Å²) in [4.78, 5) is 35.7. The van der Waals surface area contributed by atoms with Crippen LogP contribution in [-0.2, 0) is 25.5 Å². The van der Waals surface area contributed by atoms with Gasteiger partial charge in [0.15, 0.2) is 6.29 Å². The number of allylic oxidation sites excluding steroid dienone is 1. The maximum atomic E-state index is 12.5. The van der Waals surface area contributed by atoms with Gasteiger partial charge in [-0.05, 0) is 38.3 Å². The Morgan fingerprint density at radius 1 is 1.29 bits per heavy atom. The molecule has 1 aromatic rings.